The van der Waals surface area contributed by atoms with Crippen LogP contribution in [-0.4, -0.2) is 36.1 Å². The van der Waals surface area contributed by atoms with Crippen LogP contribution in [0.1, 0.15) is 33.2 Å². The Hall–Kier alpha value is -3.07. The fourth-order valence-corrected chi connectivity index (χ4v) is 3.67. The van der Waals surface area contributed by atoms with Gasteiger partial charge in [-0.05, 0) is 26.3 Å². The first kappa shape index (κ1) is 19.3. The zero-order valence-corrected chi connectivity index (χ0v) is 17.2. The van der Waals surface area contributed by atoms with E-state index in [-0.39, 0.29) is 11.9 Å². The number of carbonyl (C=O) groups is 1. The third kappa shape index (κ3) is 3.91. The highest BCUT2D eigenvalue weighted by atomic mass is 32.2. The third-order valence-corrected chi connectivity index (χ3v) is 5.74. The Morgan fingerprint density at radius 3 is 2.93 bits per heavy atom. The minimum atomic E-state index is -0.411. The summed E-state index contributed by atoms with van der Waals surface area (Å²) in [5.74, 6) is 0.959. The van der Waals surface area contributed by atoms with Gasteiger partial charge in [0.05, 0.1) is 23.1 Å². The number of amides is 1. The average Bonchev–Trinajstić information content (AvgIpc) is 3.46. The Morgan fingerprint density at radius 1 is 1.28 bits per heavy atom. The number of hydrogen-bond acceptors (Lipinski definition) is 6. The first-order valence-corrected chi connectivity index (χ1v) is 10.4. The second-order valence-corrected chi connectivity index (χ2v) is 8.08. The van der Waals surface area contributed by atoms with Gasteiger partial charge in [0.25, 0.3) is 11.1 Å². The number of carbonyl (C=O) groups excluding carboxylic acids is 1. The van der Waals surface area contributed by atoms with Crippen LogP contribution in [0.4, 0.5) is 5.82 Å². The predicted octanol–water partition coefficient (Wildman–Crippen LogP) is 4.50. The number of nitrogens with one attached hydrogen (secondary N) is 2. The summed E-state index contributed by atoms with van der Waals surface area (Å²) in [5.41, 5.74) is 1.84. The van der Waals surface area contributed by atoms with Crippen molar-refractivity contribution in [3.63, 3.8) is 0 Å². The molecule has 2 N–H and O–H groups in total. The van der Waals surface area contributed by atoms with E-state index >= 15 is 0 Å². The third-order valence-electron chi connectivity index (χ3n) is 4.80. The molecular formula is C20H22N6O2S. The molecule has 3 heterocycles. The lowest BCUT2D eigenvalue weighted by Gasteiger charge is -2.15. The molecule has 0 aliphatic carbocycles. The van der Waals surface area contributed by atoms with E-state index in [0.29, 0.717) is 16.9 Å². The number of hydrogen-bond donors (Lipinski definition) is 2. The summed E-state index contributed by atoms with van der Waals surface area (Å²) in [6, 6.07) is 9.91. The molecule has 0 saturated carbocycles. The highest BCUT2D eigenvalue weighted by Gasteiger charge is 2.21. The zero-order chi connectivity index (χ0) is 20.4. The van der Waals surface area contributed by atoms with Crippen LogP contribution in [0.3, 0.4) is 0 Å². The van der Waals surface area contributed by atoms with Crippen LogP contribution in [0.2, 0.25) is 0 Å². The Kier molecular flexibility index (Phi) is 5.39. The van der Waals surface area contributed by atoms with Gasteiger partial charge in [0.2, 0.25) is 5.91 Å². The number of aromatic amines is 1. The molecule has 29 heavy (non-hydrogen) atoms. The molecule has 0 radical (unpaired) electrons. The first-order valence-electron chi connectivity index (χ1n) is 9.47. The molecule has 4 aromatic rings. The monoisotopic (exact) mass is 410 g/mol. The van der Waals surface area contributed by atoms with E-state index in [1.807, 2.05) is 35.1 Å². The fourth-order valence-electron chi connectivity index (χ4n) is 2.98. The standard InChI is InChI=1S/C20H22N6O2S/c1-4-12(2)26-17(9-10-22-26)23-18(27)13(3)29-20-25-24-19(28-20)15-11-21-16-8-6-5-7-14(15)16/h5-13,21H,4H2,1-3H3,(H,23,27)/t12-,13+/m1/s1. The summed E-state index contributed by atoms with van der Waals surface area (Å²) in [4.78, 5) is 15.8. The topological polar surface area (TPSA) is 102 Å². The summed E-state index contributed by atoms with van der Waals surface area (Å²) in [6.45, 7) is 5.95. The number of nitrogens with zero attached hydrogens (tertiary/aromatic N) is 4. The second-order valence-electron chi connectivity index (χ2n) is 6.79. The number of fused-ring (bicyclic) bond motifs is 1. The molecule has 0 fully saturated rings. The van der Waals surface area contributed by atoms with E-state index in [2.05, 4.69) is 39.4 Å². The summed E-state index contributed by atoms with van der Waals surface area (Å²) in [6.07, 6.45) is 4.46. The van der Waals surface area contributed by atoms with Crippen LogP contribution in [-0.2, 0) is 4.79 Å². The van der Waals surface area contributed by atoms with Gasteiger partial charge in [0.15, 0.2) is 0 Å². The van der Waals surface area contributed by atoms with Crippen molar-refractivity contribution in [1.82, 2.24) is 25.0 Å². The summed E-state index contributed by atoms with van der Waals surface area (Å²) in [5, 5.41) is 16.4. The molecule has 4 rings (SSSR count). The molecule has 3 aromatic heterocycles. The molecule has 0 aliphatic heterocycles. The van der Waals surface area contributed by atoms with Crippen molar-refractivity contribution in [3.8, 4) is 11.5 Å². The molecule has 1 amide bonds. The normalized spacial score (nSPS) is 13.5. The van der Waals surface area contributed by atoms with Crippen molar-refractivity contribution < 1.29 is 9.21 Å². The quantitative estimate of drug-likeness (QED) is 0.435. The number of para-hydroxylation sites is 1. The molecule has 9 heteroatoms. The molecule has 0 spiro atoms. The summed E-state index contributed by atoms with van der Waals surface area (Å²) < 4.78 is 7.61. The molecule has 150 valence electrons. The highest BCUT2D eigenvalue weighted by molar-refractivity contribution is 8.00. The van der Waals surface area contributed by atoms with E-state index in [9.17, 15) is 4.79 Å². The Bertz CT molecular complexity index is 1130. The summed E-state index contributed by atoms with van der Waals surface area (Å²) in [7, 11) is 0. The lowest BCUT2D eigenvalue weighted by Crippen LogP contribution is -2.24. The number of anilines is 1. The van der Waals surface area contributed by atoms with Gasteiger partial charge >= 0.3 is 0 Å². The van der Waals surface area contributed by atoms with Crippen molar-refractivity contribution in [3.05, 3.63) is 42.7 Å². The maximum Gasteiger partial charge on any atom is 0.277 e. The maximum atomic E-state index is 12.6. The van der Waals surface area contributed by atoms with E-state index in [1.165, 1.54) is 11.8 Å². The van der Waals surface area contributed by atoms with Gasteiger partial charge in [-0.1, -0.05) is 36.9 Å². The minimum Gasteiger partial charge on any atom is -0.411 e. The van der Waals surface area contributed by atoms with Crippen molar-refractivity contribution in [1.29, 1.82) is 0 Å². The Morgan fingerprint density at radius 2 is 2.10 bits per heavy atom. The van der Waals surface area contributed by atoms with Gasteiger partial charge in [-0.25, -0.2) is 4.68 Å². The lowest BCUT2D eigenvalue weighted by molar-refractivity contribution is -0.115. The minimum absolute atomic E-state index is 0.146. The molecule has 2 atom stereocenters. The predicted molar refractivity (Wildman–Crippen MR) is 113 cm³/mol. The van der Waals surface area contributed by atoms with E-state index in [1.54, 1.807) is 19.2 Å². The number of rotatable bonds is 7. The largest absolute Gasteiger partial charge is 0.411 e. The van der Waals surface area contributed by atoms with Crippen molar-refractivity contribution in [2.24, 2.45) is 0 Å². The van der Waals surface area contributed by atoms with Crippen molar-refractivity contribution in [2.45, 2.75) is 43.7 Å². The van der Waals surface area contributed by atoms with Gasteiger partial charge < -0.3 is 14.7 Å². The van der Waals surface area contributed by atoms with Crippen molar-refractivity contribution >= 4 is 34.4 Å². The van der Waals surface area contributed by atoms with Gasteiger partial charge in [-0.2, -0.15) is 5.10 Å². The van der Waals surface area contributed by atoms with Crippen molar-refractivity contribution in [2.75, 3.05) is 5.32 Å². The van der Waals surface area contributed by atoms with Crippen LogP contribution in [0.25, 0.3) is 22.4 Å². The lowest BCUT2D eigenvalue weighted by atomic mass is 10.2. The van der Waals surface area contributed by atoms with Crippen LogP contribution >= 0.6 is 11.8 Å². The van der Waals surface area contributed by atoms with Crippen LogP contribution in [0.15, 0.2) is 52.4 Å². The van der Waals surface area contributed by atoms with Crippen LogP contribution in [0, 0.1) is 0 Å². The smallest absolute Gasteiger partial charge is 0.277 e. The number of aromatic nitrogens is 5. The number of benzene rings is 1. The Balaban J connectivity index is 1.45. The van der Waals surface area contributed by atoms with Crippen LogP contribution < -0.4 is 5.32 Å². The molecular weight excluding hydrogens is 388 g/mol. The second kappa shape index (κ2) is 8.12. The van der Waals surface area contributed by atoms with E-state index in [0.717, 1.165) is 22.9 Å². The first-order chi connectivity index (χ1) is 14.1. The molecule has 0 unspecified atom stereocenters. The van der Waals surface area contributed by atoms with E-state index < -0.39 is 5.25 Å². The molecule has 0 aliphatic rings. The highest BCUT2D eigenvalue weighted by Crippen LogP contribution is 2.31. The van der Waals surface area contributed by atoms with Gasteiger partial charge in [-0.15, -0.1) is 10.2 Å². The molecule has 1 aromatic carbocycles. The van der Waals surface area contributed by atoms with Crippen LogP contribution in [0.5, 0.6) is 0 Å². The zero-order valence-electron chi connectivity index (χ0n) is 16.4. The van der Waals surface area contributed by atoms with Gasteiger partial charge in [0.1, 0.15) is 5.82 Å². The maximum absolute atomic E-state index is 12.6. The van der Waals surface area contributed by atoms with E-state index in [4.69, 9.17) is 4.42 Å². The molecule has 0 bridgehead atoms. The fraction of sp³-hybridized carbons (Fsp3) is 0.300. The Labute approximate surface area is 172 Å². The molecule has 0 saturated heterocycles. The molecule has 8 nitrogen and oxygen atoms in total. The van der Waals surface area contributed by atoms with Gasteiger partial charge in [0, 0.05) is 23.2 Å². The number of H-pyrrole nitrogens is 1. The SMILES string of the molecule is CC[C@@H](C)n1nccc1NC(=O)[C@H](C)Sc1nnc(-c2c[nH]c3ccccc23)o1. The number of thioether (sulfide) groups is 1. The average molecular weight is 411 g/mol. The van der Waals surface area contributed by atoms with Gasteiger partial charge in [-0.3, -0.25) is 4.79 Å². The summed E-state index contributed by atoms with van der Waals surface area (Å²) >= 11 is 1.22.